The van der Waals surface area contributed by atoms with E-state index in [0.717, 1.165) is 16.7 Å². The number of thiophene rings is 1. The van der Waals surface area contributed by atoms with Gasteiger partial charge in [-0.25, -0.2) is 4.79 Å². The maximum absolute atomic E-state index is 12.9. The predicted molar refractivity (Wildman–Crippen MR) is 114 cm³/mol. The Kier molecular flexibility index (Phi) is 6.72. The molecule has 1 aliphatic rings. The lowest BCUT2D eigenvalue weighted by atomic mass is 9.82. The molecule has 158 valence electrons. The molecule has 1 N–H and O–H groups in total. The molecule has 1 aromatic heterocycles. The van der Waals surface area contributed by atoms with E-state index in [-0.39, 0.29) is 18.6 Å². The topological polar surface area (TPSA) is 95.5 Å². The molecule has 1 aliphatic carbocycles. The summed E-state index contributed by atoms with van der Waals surface area (Å²) in [6.07, 6.45) is 4.11. The Bertz CT molecular complexity index is 1010. The Labute approximate surface area is 179 Å². The largest absolute Gasteiger partial charge is 0.550 e. The Balaban J connectivity index is 1.96. The van der Waals surface area contributed by atoms with Gasteiger partial charge in [-0.15, -0.1) is 11.3 Å². The average Bonchev–Trinajstić information content (AvgIpc) is 3.13. The highest BCUT2D eigenvalue weighted by molar-refractivity contribution is 7.15. The van der Waals surface area contributed by atoms with Gasteiger partial charge in [0, 0.05) is 22.8 Å². The Morgan fingerprint density at radius 2 is 1.83 bits per heavy atom. The number of anilines is 1. The molecule has 1 amide bonds. The number of carboxylic acids is 1. The van der Waals surface area contributed by atoms with E-state index in [1.807, 2.05) is 37.4 Å². The summed E-state index contributed by atoms with van der Waals surface area (Å²) in [7, 11) is 0. The molecule has 0 saturated heterocycles. The molecule has 0 unspecified atom stereocenters. The van der Waals surface area contributed by atoms with Gasteiger partial charge in [0.2, 0.25) is 5.91 Å². The van der Waals surface area contributed by atoms with Crippen LogP contribution in [0.3, 0.4) is 0 Å². The zero-order valence-corrected chi connectivity index (χ0v) is 18.0. The number of rotatable bonds is 6. The minimum atomic E-state index is -1.24. The number of allylic oxidation sites excluding steroid dienone is 2. The number of hydrogen-bond acceptors (Lipinski definition) is 6. The molecule has 2 aromatic rings. The Morgan fingerprint density at radius 3 is 2.47 bits per heavy atom. The van der Waals surface area contributed by atoms with Crippen molar-refractivity contribution in [1.29, 1.82) is 0 Å². The van der Waals surface area contributed by atoms with Crippen LogP contribution in [0, 0.1) is 25.7 Å². The summed E-state index contributed by atoms with van der Waals surface area (Å²) in [6, 6.07) is 5.90. The highest BCUT2D eigenvalue weighted by Gasteiger charge is 2.31. The maximum atomic E-state index is 12.9. The van der Waals surface area contributed by atoms with Gasteiger partial charge in [-0.05, 0) is 50.3 Å². The van der Waals surface area contributed by atoms with Crippen LogP contribution in [0.4, 0.5) is 5.00 Å². The second kappa shape index (κ2) is 9.26. The van der Waals surface area contributed by atoms with Gasteiger partial charge in [-0.1, -0.05) is 30.4 Å². The van der Waals surface area contributed by atoms with Gasteiger partial charge in [0.25, 0.3) is 0 Å². The van der Waals surface area contributed by atoms with E-state index < -0.39 is 29.7 Å². The molecular formula is C23H24NO5S-. The summed E-state index contributed by atoms with van der Waals surface area (Å²) in [5.74, 6) is -3.84. The van der Waals surface area contributed by atoms with E-state index in [0.29, 0.717) is 17.0 Å². The molecule has 7 heteroatoms. The number of carbonyl (C=O) groups is 3. The Morgan fingerprint density at radius 1 is 1.13 bits per heavy atom. The second-order valence-corrected chi connectivity index (χ2v) is 8.22. The Hall–Kier alpha value is -2.93. The van der Waals surface area contributed by atoms with E-state index in [4.69, 9.17) is 4.74 Å². The third kappa shape index (κ3) is 4.46. The first-order valence-corrected chi connectivity index (χ1v) is 10.7. The smallest absolute Gasteiger partial charge is 0.341 e. The summed E-state index contributed by atoms with van der Waals surface area (Å²) in [4.78, 5) is 37.0. The molecule has 0 aliphatic heterocycles. The fourth-order valence-electron chi connectivity index (χ4n) is 3.55. The average molecular weight is 427 g/mol. The molecule has 30 heavy (non-hydrogen) atoms. The molecule has 1 heterocycles. The van der Waals surface area contributed by atoms with Crippen molar-refractivity contribution in [3.63, 3.8) is 0 Å². The molecule has 6 nitrogen and oxygen atoms in total. The first-order valence-electron chi connectivity index (χ1n) is 9.86. The molecule has 3 rings (SSSR count). The van der Waals surface area contributed by atoms with Crippen molar-refractivity contribution in [3.05, 3.63) is 52.4 Å². The highest BCUT2D eigenvalue weighted by atomic mass is 32.1. The minimum absolute atomic E-state index is 0.203. The standard InChI is InChI=1S/C23H25NO5S/c1-4-29-23(28)19-18(15-10-9-13(2)14(3)11-15)12-30-21(19)24-20(25)16-7-5-6-8-17(16)22(26)27/h5-6,9-12,16-17H,4,7-8H2,1-3H3,(H,24,25)(H,26,27)/p-1/t16-,17-/m1/s1. The molecule has 0 saturated carbocycles. The maximum Gasteiger partial charge on any atom is 0.341 e. The fourth-order valence-corrected chi connectivity index (χ4v) is 4.51. The van der Waals surface area contributed by atoms with Crippen molar-refractivity contribution < 1.29 is 24.2 Å². The molecule has 0 radical (unpaired) electrons. The van der Waals surface area contributed by atoms with Gasteiger partial charge in [0.05, 0.1) is 12.5 Å². The summed E-state index contributed by atoms with van der Waals surface area (Å²) in [5, 5.41) is 16.4. The van der Waals surface area contributed by atoms with E-state index in [1.165, 1.54) is 11.3 Å². The van der Waals surface area contributed by atoms with Crippen molar-refractivity contribution in [2.24, 2.45) is 11.8 Å². The zero-order chi connectivity index (χ0) is 21.8. The van der Waals surface area contributed by atoms with Gasteiger partial charge in [0.1, 0.15) is 10.6 Å². The van der Waals surface area contributed by atoms with Gasteiger partial charge < -0.3 is 20.0 Å². The van der Waals surface area contributed by atoms with Gasteiger partial charge in [-0.2, -0.15) is 0 Å². The molecular weight excluding hydrogens is 402 g/mol. The number of carboxylic acid groups (broad SMARTS) is 1. The van der Waals surface area contributed by atoms with Gasteiger partial charge in [0.15, 0.2) is 0 Å². The first-order chi connectivity index (χ1) is 14.3. The predicted octanol–water partition coefficient (Wildman–Crippen LogP) is 3.48. The monoisotopic (exact) mass is 426 g/mol. The number of esters is 1. The van der Waals surface area contributed by atoms with Crippen LogP contribution in [0.25, 0.3) is 11.1 Å². The van der Waals surface area contributed by atoms with Crippen LogP contribution in [0.5, 0.6) is 0 Å². The number of hydrogen-bond donors (Lipinski definition) is 1. The summed E-state index contributed by atoms with van der Waals surface area (Å²) in [6.45, 7) is 5.93. The van der Waals surface area contributed by atoms with E-state index in [1.54, 1.807) is 19.1 Å². The lowest BCUT2D eigenvalue weighted by molar-refractivity contribution is -0.313. The summed E-state index contributed by atoms with van der Waals surface area (Å²) >= 11 is 1.22. The third-order valence-corrected chi connectivity index (χ3v) is 6.29. The number of carbonyl (C=O) groups excluding carboxylic acids is 3. The van der Waals surface area contributed by atoms with Crippen LogP contribution in [0.1, 0.15) is 41.3 Å². The van der Waals surface area contributed by atoms with Crippen LogP contribution < -0.4 is 10.4 Å². The second-order valence-electron chi connectivity index (χ2n) is 7.34. The number of nitrogens with one attached hydrogen (secondary N) is 1. The third-order valence-electron chi connectivity index (χ3n) is 5.40. The summed E-state index contributed by atoms with van der Waals surface area (Å²) < 4.78 is 5.23. The van der Waals surface area contributed by atoms with Crippen molar-refractivity contribution >= 4 is 34.2 Å². The van der Waals surface area contributed by atoms with E-state index in [9.17, 15) is 19.5 Å². The van der Waals surface area contributed by atoms with Crippen molar-refractivity contribution in [1.82, 2.24) is 0 Å². The SMILES string of the molecule is CCOC(=O)c1c(-c2ccc(C)c(C)c2)csc1NC(=O)[C@@H]1CC=CC[C@H]1C(=O)[O-]. The molecule has 1 aromatic carbocycles. The first kappa shape index (κ1) is 21.8. The van der Waals surface area contributed by atoms with Crippen molar-refractivity contribution in [2.75, 3.05) is 11.9 Å². The number of benzene rings is 1. The normalized spacial score (nSPS) is 18.1. The highest BCUT2D eigenvalue weighted by Crippen LogP contribution is 2.38. The number of ether oxygens (including phenoxy) is 1. The fraction of sp³-hybridized carbons (Fsp3) is 0.348. The molecule has 0 bridgehead atoms. The van der Waals surface area contributed by atoms with Crippen LogP contribution >= 0.6 is 11.3 Å². The molecule has 2 atom stereocenters. The van der Waals surface area contributed by atoms with Crippen molar-refractivity contribution in [3.8, 4) is 11.1 Å². The van der Waals surface area contributed by atoms with Gasteiger partial charge in [-0.3, -0.25) is 4.79 Å². The van der Waals surface area contributed by atoms with Crippen LogP contribution in [-0.2, 0) is 14.3 Å². The minimum Gasteiger partial charge on any atom is -0.550 e. The number of aryl methyl sites for hydroxylation is 2. The zero-order valence-electron chi connectivity index (χ0n) is 17.2. The van der Waals surface area contributed by atoms with E-state index >= 15 is 0 Å². The molecule has 0 fully saturated rings. The molecule has 0 spiro atoms. The number of amides is 1. The van der Waals surface area contributed by atoms with Crippen LogP contribution in [0.15, 0.2) is 35.7 Å². The lowest BCUT2D eigenvalue weighted by Crippen LogP contribution is -2.41. The van der Waals surface area contributed by atoms with Gasteiger partial charge >= 0.3 is 5.97 Å². The van der Waals surface area contributed by atoms with Crippen LogP contribution in [0.2, 0.25) is 0 Å². The van der Waals surface area contributed by atoms with E-state index in [2.05, 4.69) is 5.32 Å². The summed E-state index contributed by atoms with van der Waals surface area (Å²) in [5.41, 5.74) is 4.04. The van der Waals surface area contributed by atoms with Crippen LogP contribution in [-0.4, -0.2) is 24.5 Å². The number of aliphatic carboxylic acids is 1. The lowest BCUT2D eigenvalue weighted by Gasteiger charge is -2.28. The quantitative estimate of drug-likeness (QED) is 0.564. The van der Waals surface area contributed by atoms with Crippen molar-refractivity contribution in [2.45, 2.75) is 33.6 Å².